The maximum atomic E-state index is 11.9. The van der Waals surface area contributed by atoms with Crippen LogP contribution in [0.3, 0.4) is 0 Å². The molecule has 5 nitrogen and oxygen atoms in total. The van der Waals surface area contributed by atoms with Crippen LogP contribution in [0.1, 0.15) is 10.6 Å². The SMILES string of the molecule is CN(Cc1cccs1)C(=O)COc1ccc(CO)nc1. The van der Waals surface area contributed by atoms with Gasteiger partial charge in [-0.1, -0.05) is 6.07 Å². The number of pyridine rings is 1. The van der Waals surface area contributed by atoms with E-state index in [-0.39, 0.29) is 19.1 Å². The summed E-state index contributed by atoms with van der Waals surface area (Å²) in [5.74, 6) is 0.421. The molecule has 106 valence electrons. The van der Waals surface area contributed by atoms with Gasteiger partial charge >= 0.3 is 0 Å². The molecule has 2 aromatic heterocycles. The number of nitrogens with zero attached hydrogens (tertiary/aromatic N) is 2. The molecule has 0 aliphatic carbocycles. The van der Waals surface area contributed by atoms with E-state index in [9.17, 15) is 4.79 Å². The number of carbonyl (C=O) groups is 1. The van der Waals surface area contributed by atoms with Gasteiger partial charge in [-0.25, -0.2) is 0 Å². The molecule has 0 unspecified atom stereocenters. The van der Waals surface area contributed by atoms with Crippen molar-refractivity contribution in [3.8, 4) is 5.75 Å². The lowest BCUT2D eigenvalue weighted by Gasteiger charge is -2.16. The van der Waals surface area contributed by atoms with E-state index < -0.39 is 0 Å². The normalized spacial score (nSPS) is 10.3. The van der Waals surface area contributed by atoms with Crippen LogP contribution < -0.4 is 4.74 Å². The number of ether oxygens (including phenoxy) is 1. The molecule has 0 aromatic carbocycles. The van der Waals surface area contributed by atoms with Gasteiger partial charge in [-0.2, -0.15) is 0 Å². The Morgan fingerprint density at radius 3 is 2.90 bits per heavy atom. The summed E-state index contributed by atoms with van der Waals surface area (Å²) < 4.78 is 5.38. The van der Waals surface area contributed by atoms with Gasteiger partial charge in [-0.3, -0.25) is 9.78 Å². The number of hydrogen-bond acceptors (Lipinski definition) is 5. The molecule has 0 aliphatic rings. The number of likely N-dealkylation sites (N-methyl/N-ethyl adjacent to an activating group) is 1. The van der Waals surface area contributed by atoms with Crippen molar-refractivity contribution in [1.82, 2.24) is 9.88 Å². The van der Waals surface area contributed by atoms with Crippen LogP contribution in [0.25, 0.3) is 0 Å². The van der Waals surface area contributed by atoms with Crippen LogP contribution in [0.15, 0.2) is 35.8 Å². The molecular weight excluding hydrogens is 276 g/mol. The molecule has 0 aliphatic heterocycles. The third-order valence-corrected chi connectivity index (χ3v) is 3.58. The van der Waals surface area contributed by atoms with Crippen molar-refractivity contribution in [3.05, 3.63) is 46.4 Å². The molecule has 2 aromatic rings. The van der Waals surface area contributed by atoms with Crippen LogP contribution >= 0.6 is 11.3 Å². The lowest BCUT2D eigenvalue weighted by atomic mass is 10.3. The van der Waals surface area contributed by atoms with Crippen LogP contribution in [-0.2, 0) is 17.9 Å². The van der Waals surface area contributed by atoms with Crippen molar-refractivity contribution in [2.75, 3.05) is 13.7 Å². The number of carbonyl (C=O) groups excluding carboxylic acids is 1. The minimum Gasteiger partial charge on any atom is -0.482 e. The average molecular weight is 292 g/mol. The smallest absolute Gasteiger partial charge is 0.260 e. The summed E-state index contributed by atoms with van der Waals surface area (Å²) in [5, 5.41) is 10.9. The van der Waals surface area contributed by atoms with E-state index in [2.05, 4.69) is 4.98 Å². The molecule has 0 saturated carbocycles. The second-order valence-electron chi connectivity index (χ2n) is 4.26. The maximum Gasteiger partial charge on any atom is 0.260 e. The van der Waals surface area contributed by atoms with Crippen LogP contribution in [0, 0.1) is 0 Å². The van der Waals surface area contributed by atoms with E-state index >= 15 is 0 Å². The number of aliphatic hydroxyl groups is 1. The molecule has 0 saturated heterocycles. The largest absolute Gasteiger partial charge is 0.482 e. The number of hydrogen-bond donors (Lipinski definition) is 1. The Morgan fingerprint density at radius 1 is 1.45 bits per heavy atom. The van der Waals surface area contributed by atoms with Crippen molar-refractivity contribution in [3.63, 3.8) is 0 Å². The summed E-state index contributed by atoms with van der Waals surface area (Å²) in [6.07, 6.45) is 1.50. The third kappa shape index (κ3) is 4.04. The number of aliphatic hydroxyl groups excluding tert-OH is 1. The summed E-state index contributed by atoms with van der Waals surface area (Å²) >= 11 is 1.62. The van der Waals surface area contributed by atoms with E-state index in [1.807, 2.05) is 17.5 Å². The predicted octanol–water partition coefficient (Wildman–Crippen LogP) is 1.67. The van der Waals surface area contributed by atoms with Gasteiger partial charge in [0.25, 0.3) is 5.91 Å². The van der Waals surface area contributed by atoms with E-state index in [0.717, 1.165) is 4.88 Å². The van der Waals surface area contributed by atoms with Crippen LogP contribution in [-0.4, -0.2) is 34.6 Å². The number of aromatic nitrogens is 1. The highest BCUT2D eigenvalue weighted by atomic mass is 32.1. The topological polar surface area (TPSA) is 62.7 Å². The maximum absolute atomic E-state index is 11.9. The molecule has 0 spiro atoms. The fourth-order valence-electron chi connectivity index (χ4n) is 1.57. The van der Waals surface area contributed by atoms with Gasteiger partial charge in [0.15, 0.2) is 6.61 Å². The molecule has 0 fully saturated rings. The van der Waals surface area contributed by atoms with E-state index in [0.29, 0.717) is 18.0 Å². The Balaban J connectivity index is 1.81. The highest BCUT2D eigenvalue weighted by molar-refractivity contribution is 7.09. The van der Waals surface area contributed by atoms with Crippen molar-refractivity contribution >= 4 is 17.2 Å². The van der Waals surface area contributed by atoms with Gasteiger partial charge in [0.05, 0.1) is 25.0 Å². The first-order valence-electron chi connectivity index (χ1n) is 6.14. The monoisotopic (exact) mass is 292 g/mol. The van der Waals surface area contributed by atoms with Crippen molar-refractivity contribution in [2.45, 2.75) is 13.2 Å². The highest BCUT2D eigenvalue weighted by Gasteiger charge is 2.10. The van der Waals surface area contributed by atoms with Crippen LogP contribution in [0.2, 0.25) is 0 Å². The quantitative estimate of drug-likeness (QED) is 0.880. The Hall–Kier alpha value is -1.92. The summed E-state index contributed by atoms with van der Waals surface area (Å²) in [6.45, 7) is 0.451. The molecule has 0 bridgehead atoms. The Labute approximate surface area is 121 Å². The van der Waals surface area contributed by atoms with E-state index in [4.69, 9.17) is 9.84 Å². The first-order valence-corrected chi connectivity index (χ1v) is 7.02. The van der Waals surface area contributed by atoms with Crippen molar-refractivity contribution in [1.29, 1.82) is 0 Å². The molecule has 0 radical (unpaired) electrons. The number of thiophene rings is 1. The second kappa shape index (κ2) is 7.02. The summed E-state index contributed by atoms with van der Waals surface area (Å²) in [7, 11) is 1.75. The second-order valence-corrected chi connectivity index (χ2v) is 5.29. The van der Waals surface area contributed by atoms with Gasteiger partial charge in [0.1, 0.15) is 5.75 Å². The molecule has 6 heteroatoms. The standard InChI is InChI=1S/C14H16N2O3S/c1-16(8-13-3-2-6-20-13)14(18)10-19-12-5-4-11(9-17)15-7-12/h2-7,17H,8-10H2,1H3. The molecule has 2 rings (SSSR count). The molecule has 1 amide bonds. The van der Waals surface area contributed by atoms with Gasteiger partial charge in [0, 0.05) is 11.9 Å². The zero-order valence-electron chi connectivity index (χ0n) is 11.2. The van der Waals surface area contributed by atoms with Crippen LogP contribution in [0.5, 0.6) is 5.75 Å². The van der Waals surface area contributed by atoms with E-state index in [1.165, 1.54) is 6.20 Å². The molecule has 1 N–H and O–H groups in total. The van der Waals surface area contributed by atoms with Crippen molar-refractivity contribution in [2.24, 2.45) is 0 Å². The molecular formula is C14H16N2O3S. The summed E-state index contributed by atoms with van der Waals surface area (Å²) in [4.78, 5) is 18.7. The van der Waals surface area contributed by atoms with Gasteiger partial charge in [-0.15, -0.1) is 11.3 Å². The molecule has 2 heterocycles. The minimum atomic E-state index is -0.108. The highest BCUT2D eigenvalue weighted by Crippen LogP contribution is 2.12. The summed E-state index contributed by atoms with van der Waals surface area (Å²) in [5.41, 5.74) is 0.568. The Kier molecular flexibility index (Phi) is 5.09. The Bertz CT molecular complexity index is 540. The number of rotatable bonds is 6. The van der Waals surface area contributed by atoms with Crippen molar-refractivity contribution < 1.29 is 14.6 Å². The third-order valence-electron chi connectivity index (χ3n) is 2.72. The first-order chi connectivity index (χ1) is 9.69. The average Bonchev–Trinajstić information content (AvgIpc) is 2.98. The zero-order chi connectivity index (χ0) is 14.4. The van der Waals surface area contributed by atoms with E-state index in [1.54, 1.807) is 35.4 Å². The zero-order valence-corrected chi connectivity index (χ0v) is 12.0. The van der Waals surface area contributed by atoms with Gasteiger partial charge in [0.2, 0.25) is 0 Å². The molecule has 0 atom stereocenters. The minimum absolute atomic E-state index is 0.0258. The lowest BCUT2D eigenvalue weighted by molar-refractivity contribution is -0.132. The fraction of sp³-hybridized carbons (Fsp3) is 0.286. The van der Waals surface area contributed by atoms with Gasteiger partial charge in [-0.05, 0) is 23.6 Å². The van der Waals surface area contributed by atoms with Crippen LogP contribution in [0.4, 0.5) is 0 Å². The predicted molar refractivity (Wildman–Crippen MR) is 76.4 cm³/mol. The summed E-state index contributed by atoms with van der Waals surface area (Å²) in [6, 6.07) is 7.30. The lowest BCUT2D eigenvalue weighted by Crippen LogP contribution is -2.30. The number of amides is 1. The molecule has 20 heavy (non-hydrogen) atoms. The Morgan fingerprint density at radius 2 is 2.30 bits per heavy atom. The first kappa shape index (κ1) is 14.5. The van der Waals surface area contributed by atoms with Gasteiger partial charge < -0.3 is 14.7 Å². The fourth-order valence-corrected chi connectivity index (χ4v) is 2.33.